The van der Waals surface area contributed by atoms with Gasteiger partial charge in [-0.25, -0.2) is 4.98 Å². The highest BCUT2D eigenvalue weighted by Crippen LogP contribution is 2.18. The van der Waals surface area contributed by atoms with Gasteiger partial charge in [0, 0.05) is 30.2 Å². The molecule has 0 saturated heterocycles. The maximum Gasteiger partial charge on any atom is 0.0952 e. The summed E-state index contributed by atoms with van der Waals surface area (Å²) < 4.78 is 2.04. The summed E-state index contributed by atoms with van der Waals surface area (Å²) in [6.45, 7) is 4.76. The predicted molar refractivity (Wildman–Crippen MR) is 74.9 cm³/mol. The number of hydrogen-bond donors (Lipinski definition) is 1. The van der Waals surface area contributed by atoms with Crippen molar-refractivity contribution >= 4 is 11.6 Å². The van der Waals surface area contributed by atoms with E-state index in [4.69, 9.17) is 17.3 Å². The van der Waals surface area contributed by atoms with Gasteiger partial charge in [-0.2, -0.15) is 0 Å². The number of hydrogen-bond acceptors (Lipinski definition) is 2. The first kappa shape index (κ1) is 13.1. The lowest BCUT2D eigenvalue weighted by atomic mass is 10.1. The van der Waals surface area contributed by atoms with Crippen molar-refractivity contribution in [1.82, 2.24) is 9.55 Å². The molecule has 0 saturated carbocycles. The summed E-state index contributed by atoms with van der Waals surface area (Å²) in [6, 6.07) is 6.25. The van der Waals surface area contributed by atoms with Crippen LogP contribution in [0.4, 0.5) is 0 Å². The molecule has 0 aliphatic heterocycles. The lowest BCUT2D eigenvalue weighted by Gasteiger charge is -2.06. The summed E-state index contributed by atoms with van der Waals surface area (Å²) in [4.78, 5) is 4.34. The Morgan fingerprint density at radius 2 is 2.22 bits per heavy atom. The van der Waals surface area contributed by atoms with E-state index < -0.39 is 0 Å². The monoisotopic (exact) mass is 263 g/mol. The molecule has 1 aromatic carbocycles. The number of nitrogens with two attached hydrogens (primary N) is 1. The molecule has 2 aromatic rings. The Kier molecular flexibility index (Phi) is 4.04. The van der Waals surface area contributed by atoms with Gasteiger partial charge in [0.1, 0.15) is 0 Å². The Labute approximate surface area is 113 Å². The van der Waals surface area contributed by atoms with E-state index in [9.17, 15) is 0 Å². The maximum atomic E-state index is 6.22. The summed E-state index contributed by atoms with van der Waals surface area (Å²) in [5, 5.41) is 0.803. The average Bonchev–Trinajstić information content (AvgIpc) is 2.69. The highest BCUT2D eigenvalue weighted by Gasteiger charge is 2.05. The fourth-order valence-electron chi connectivity index (χ4n) is 1.91. The molecular formula is C14H18ClN3. The van der Waals surface area contributed by atoms with Crippen LogP contribution in [0.2, 0.25) is 5.02 Å². The number of benzene rings is 1. The van der Waals surface area contributed by atoms with Crippen LogP contribution in [0.5, 0.6) is 0 Å². The Morgan fingerprint density at radius 3 is 2.89 bits per heavy atom. The van der Waals surface area contributed by atoms with Crippen molar-refractivity contribution in [3.05, 3.63) is 52.6 Å². The minimum atomic E-state index is 0.135. The van der Waals surface area contributed by atoms with E-state index in [2.05, 4.69) is 17.1 Å². The van der Waals surface area contributed by atoms with Gasteiger partial charge in [0.25, 0.3) is 0 Å². The topological polar surface area (TPSA) is 43.8 Å². The van der Waals surface area contributed by atoms with Crippen molar-refractivity contribution in [2.45, 2.75) is 32.9 Å². The molecule has 2 rings (SSSR count). The third kappa shape index (κ3) is 3.34. The number of nitrogens with zero attached hydrogens (tertiary/aromatic N) is 2. The van der Waals surface area contributed by atoms with Crippen molar-refractivity contribution in [3.63, 3.8) is 0 Å². The first-order valence-corrected chi connectivity index (χ1v) is 6.43. The van der Waals surface area contributed by atoms with Crippen LogP contribution in [0.1, 0.15) is 23.7 Å². The van der Waals surface area contributed by atoms with E-state index in [1.807, 2.05) is 37.0 Å². The minimum absolute atomic E-state index is 0.135. The Morgan fingerprint density at radius 1 is 1.44 bits per heavy atom. The molecule has 0 amide bonds. The van der Waals surface area contributed by atoms with Crippen LogP contribution in [-0.2, 0) is 13.0 Å². The summed E-state index contributed by atoms with van der Waals surface area (Å²) in [5.41, 5.74) is 9.06. The molecular weight excluding hydrogens is 246 g/mol. The van der Waals surface area contributed by atoms with E-state index in [1.165, 1.54) is 5.56 Å². The molecule has 96 valence electrons. The largest absolute Gasteiger partial charge is 0.333 e. The summed E-state index contributed by atoms with van der Waals surface area (Å²) >= 11 is 6.22. The van der Waals surface area contributed by atoms with Gasteiger partial charge in [-0.05, 0) is 31.0 Å². The molecule has 3 nitrogen and oxygen atoms in total. The van der Waals surface area contributed by atoms with Crippen LogP contribution in [0.3, 0.4) is 0 Å². The van der Waals surface area contributed by atoms with Gasteiger partial charge in [-0.1, -0.05) is 23.7 Å². The second-order valence-electron chi connectivity index (χ2n) is 4.81. The molecule has 2 N–H and O–H groups in total. The smallest absolute Gasteiger partial charge is 0.0952 e. The first-order chi connectivity index (χ1) is 8.54. The van der Waals surface area contributed by atoms with Crippen molar-refractivity contribution in [2.75, 3.05) is 0 Å². The second kappa shape index (κ2) is 5.55. The van der Waals surface area contributed by atoms with Gasteiger partial charge in [0.05, 0.1) is 12.0 Å². The number of halogens is 1. The molecule has 0 aliphatic carbocycles. The van der Waals surface area contributed by atoms with Crippen molar-refractivity contribution in [3.8, 4) is 0 Å². The van der Waals surface area contributed by atoms with Crippen LogP contribution < -0.4 is 5.73 Å². The van der Waals surface area contributed by atoms with E-state index in [-0.39, 0.29) is 6.04 Å². The van der Waals surface area contributed by atoms with E-state index in [0.717, 1.165) is 29.2 Å². The molecule has 1 unspecified atom stereocenters. The molecule has 0 aliphatic rings. The second-order valence-corrected chi connectivity index (χ2v) is 5.22. The molecule has 1 aromatic heterocycles. The highest BCUT2D eigenvalue weighted by atomic mass is 35.5. The summed E-state index contributed by atoms with van der Waals surface area (Å²) in [5.74, 6) is 0. The predicted octanol–water partition coefficient (Wildman–Crippen LogP) is 2.78. The van der Waals surface area contributed by atoms with Crippen LogP contribution in [0.15, 0.2) is 30.7 Å². The lowest BCUT2D eigenvalue weighted by Crippen LogP contribution is -2.17. The van der Waals surface area contributed by atoms with Crippen LogP contribution >= 0.6 is 11.6 Å². The zero-order chi connectivity index (χ0) is 13.1. The Hall–Kier alpha value is -1.32. The highest BCUT2D eigenvalue weighted by molar-refractivity contribution is 6.31. The van der Waals surface area contributed by atoms with Gasteiger partial charge in [-0.15, -0.1) is 0 Å². The molecule has 0 spiro atoms. The third-order valence-electron chi connectivity index (χ3n) is 2.78. The van der Waals surface area contributed by atoms with Crippen molar-refractivity contribution in [2.24, 2.45) is 5.73 Å². The molecule has 18 heavy (non-hydrogen) atoms. The quantitative estimate of drug-likeness (QED) is 0.922. The Bertz CT molecular complexity index is 532. The van der Waals surface area contributed by atoms with Crippen molar-refractivity contribution in [1.29, 1.82) is 0 Å². The van der Waals surface area contributed by atoms with Crippen LogP contribution in [0, 0.1) is 6.92 Å². The van der Waals surface area contributed by atoms with Gasteiger partial charge >= 0.3 is 0 Å². The van der Waals surface area contributed by atoms with Crippen LogP contribution in [-0.4, -0.2) is 15.6 Å². The standard InChI is InChI=1S/C14H18ClN3/c1-10-3-4-12(14(15)5-10)7-18-8-13(17-9-18)6-11(2)16/h3-5,8-9,11H,6-7,16H2,1-2H3. The number of aryl methyl sites for hydroxylation is 1. The maximum absolute atomic E-state index is 6.22. The number of rotatable bonds is 4. The lowest BCUT2D eigenvalue weighted by molar-refractivity contribution is 0.723. The third-order valence-corrected chi connectivity index (χ3v) is 3.13. The number of aromatic nitrogens is 2. The van der Waals surface area contributed by atoms with E-state index >= 15 is 0 Å². The zero-order valence-corrected chi connectivity index (χ0v) is 11.5. The summed E-state index contributed by atoms with van der Waals surface area (Å²) in [6.07, 6.45) is 4.65. The molecule has 1 atom stereocenters. The average molecular weight is 264 g/mol. The molecule has 0 radical (unpaired) electrons. The van der Waals surface area contributed by atoms with Crippen molar-refractivity contribution < 1.29 is 0 Å². The minimum Gasteiger partial charge on any atom is -0.333 e. The number of imidazole rings is 1. The first-order valence-electron chi connectivity index (χ1n) is 6.06. The fraction of sp³-hybridized carbons (Fsp3) is 0.357. The van der Waals surface area contributed by atoms with Gasteiger partial charge in [-0.3, -0.25) is 0 Å². The fourth-order valence-corrected chi connectivity index (χ4v) is 2.20. The normalized spacial score (nSPS) is 12.7. The van der Waals surface area contributed by atoms with E-state index in [1.54, 1.807) is 0 Å². The van der Waals surface area contributed by atoms with Crippen LogP contribution in [0.25, 0.3) is 0 Å². The molecule has 0 fully saturated rings. The van der Waals surface area contributed by atoms with Gasteiger partial charge < -0.3 is 10.3 Å². The Balaban J connectivity index is 2.11. The molecule has 0 bridgehead atoms. The van der Waals surface area contributed by atoms with E-state index in [0.29, 0.717) is 0 Å². The summed E-state index contributed by atoms with van der Waals surface area (Å²) in [7, 11) is 0. The molecule has 4 heteroatoms. The zero-order valence-electron chi connectivity index (χ0n) is 10.7. The van der Waals surface area contributed by atoms with Gasteiger partial charge in [0.2, 0.25) is 0 Å². The van der Waals surface area contributed by atoms with Gasteiger partial charge in [0.15, 0.2) is 0 Å². The SMILES string of the molecule is Cc1ccc(Cn2cnc(CC(C)N)c2)c(Cl)c1. The molecule has 1 heterocycles.